The highest BCUT2D eigenvalue weighted by atomic mass is 16.3. The van der Waals surface area contributed by atoms with Crippen molar-refractivity contribution >= 4 is 5.84 Å². The fraction of sp³-hybridized carbons (Fsp3) is 0.857. The van der Waals surface area contributed by atoms with E-state index in [9.17, 15) is 10.2 Å². The Hall–Kier alpha value is -0.650. The summed E-state index contributed by atoms with van der Waals surface area (Å²) in [5, 5.41) is 25.6. The molecule has 0 aromatic carbocycles. The molecule has 70 valence electrons. The molecule has 5 nitrogen and oxygen atoms in total. The van der Waals surface area contributed by atoms with Crippen LogP contribution < -0.4 is 5.73 Å². The van der Waals surface area contributed by atoms with Crippen LogP contribution in [0.25, 0.3) is 0 Å². The molecule has 0 aromatic rings. The van der Waals surface area contributed by atoms with Crippen molar-refractivity contribution < 1.29 is 10.2 Å². The van der Waals surface area contributed by atoms with Crippen LogP contribution in [0.1, 0.15) is 6.92 Å². The first-order valence-corrected chi connectivity index (χ1v) is 3.96. The van der Waals surface area contributed by atoms with Crippen LogP contribution in [0, 0.1) is 5.41 Å². The Balaban J connectivity index is 2.51. The van der Waals surface area contributed by atoms with Crippen LogP contribution in [0.4, 0.5) is 0 Å². The van der Waals surface area contributed by atoms with E-state index in [-0.39, 0.29) is 11.9 Å². The van der Waals surface area contributed by atoms with Crippen LogP contribution in [0.3, 0.4) is 0 Å². The van der Waals surface area contributed by atoms with Crippen LogP contribution in [0.15, 0.2) is 0 Å². The molecule has 0 radical (unpaired) electrons. The highest BCUT2D eigenvalue weighted by molar-refractivity contribution is 5.82. The fourth-order valence-electron chi connectivity index (χ4n) is 1.31. The van der Waals surface area contributed by atoms with E-state index in [1.54, 1.807) is 11.8 Å². The Bertz CT molecular complexity index is 175. The standard InChI is InChI=1S/C7H15N3O2/c1-4(7(8)9)10-2-5(11)6(12)3-10/h4-6,11-12H,2-3H2,1H3,(H3,8,9). The number of likely N-dealkylation sites (tertiary alicyclic amines) is 1. The van der Waals surface area contributed by atoms with Crippen LogP contribution in [0.5, 0.6) is 0 Å². The van der Waals surface area contributed by atoms with Gasteiger partial charge in [0.15, 0.2) is 0 Å². The summed E-state index contributed by atoms with van der Waals surface area (Å²) >= 11 is 0. The minimum Gasteiger partial charge on any atom is -0.389 e. The van der Waals surface area contributed by atoms with Gasteiger partial charge in [0, 0.05) is 13.1 Å². The van der Waals surface area contributed by atoms with Gasteiger partial charge in [-0.2, -0.15) is 0 Å². The summed E-state index contributed by atoms with van der Waals surface area (Å²) < 4.78 is 0. The van der Waals surface area contributed by atoms with Gasteiger partial charge in [0.25, 0.3) is 0 Å². The first-order chi connectivity index (χ1) is 5.52. The lowest BCUT2D eigenvalue weighted by Gasteiger charge is -2.21. The molecule has 1 aliphatic rings. The summed E-state index contributed by atoms with van der Waals surface area (Å²) in [7, 11) is 0. The number of nitrogens with zero attached hydrogens (tertiary/aromatic N) is 1. The Morgan fingerprint density at radius 3 is 2.25 bits per heavy atom. The number of β-amino-alcohol motifs (C(OH)–C–C–N with tert-alkyl or cyclic N) is 2. The molecule has 1 aliphatic heterocycles. The summed E-state index contributed by atoms with van der Waals surface area (Å²) in [6.45, 7) is 2.57. The van der Waals surface area contributed by atoms with Gasteiger partial charge in [-0.15, -0.1) is 0 Å². The van der Waals surface area contributed by atoms with Crippen molar-refractivity contribution in [3.8, 4) is 0 Å². The van der Waals surface area contributed by atoms with Crippen molar-refractivity contribution in [2.24, 2.45) is 5.73 Å². The number of nitrogens with one attached hydrogen (secondary N) is 1. The molecular formula is C7H15N3O2. The third kappa shape index (κ3) is 1.74. The van der Waals surface area contributed by atoms with Crippen molar-refractivity contribution in [3.63, 3.8) is 0 Å². The molecular weight excluding hydrogens is 158 g/mol. The smallest absolute Gasteiger partial charge is 0.108 e. The Morgan fingerprint density at radius 2 is 1.92 bits per heavy atom. The van der Waals surface area contributed by atoms with Crippen LogP contribution in [-0.2, 0) is 0 Å². The van der Waals surface area contributed by atoms with E-state index >= 15 is 0 Å². The van der Waals surface area contributed by atoms with Crippen molar-refractivity contribution in [1.82, 2.24) is 4.90 Å². The van der Waals surface area contributed by atoms with E-state index in [2.05, 4.69) is 0 Å². The average molecular weight is 173 g/mol. The first-order valence-electron chi connectivity index (χ1n) is 3.96. The van der Waals surface area contributed by atoms with Crippen molar-refractivity contribution in [1.29, 1.82) is 5.41 Å². The number of aliphatic hydroxyl groups excluding tert-OH is 2. The van der Waals surface area contributed by atoms with Crippen LogP contribution in [-0.4, -0.2) is 52.3 Å². The van der Waals surface area contributed by atoms with Gasteiger partial charge in [0.05, 0.1) is 18.2 Å². The van der Waals surface area contributed by atoms with Crippen LogP contribution >= 0.6 is 0 Å². The summed E-state index contributed by atoms with van der Waals surface area (Å²) in [5.41, 5.74) is 5.29. The second kappa shape index (κ2) is 3.38. The SMILES string of the molecule is CC(C(=N)N)N1CC(O)C(O)C1. The van der Waals surface area contributed by atoms with E-state index in [1.165, 1.54) is 0 Å². The number of aliphatic hydroxyl groups is 2. The zero-order chi connectivity index (χ0) is 9.30. The molecule has 0 saturated carbocycles. The van der Waals surface area contributed by atoms with E-state index < -0.39 is 12.2 Å². The van der Waals surface area contributed by atoms with Crippen molar-refractivity contribution in [3.05, 3.63) is 0 Å². The van der Waals surface area contributed by atoms with E-state index in [0.717, 1.165) is 0 Å². The second-order valence-corrected chi connectivity index (χ2v) is 3.22. The molecule has 12 heavy (non-hydrogen) atoms. The van der Waals surface area contributed by atoms with E-state index in [0.29, 0.717) is 13.1 Å². The molecule has 0 aromatic heterocycles. The molecule has 1 fully saturated rings. The molecule has 1 rings (SSSR count). The normalized spacial score (nSPS) is 33.6. The zero-order valence-electron chi connectivity index (χ0n) is 7.07. The lowest BCUT2D eigenvalue weighted by atomic mass is 10.3. The molecule has 5 N–H and O–H groups in total. The molecule has 3 atom stereocenters. The monoisotopic (exact) mass is 173 g/mol. The molecule has 0 spiro atoms. The van der Waals surface area contributed by atoms with Gasteiger partial charge in [-0.25, -0.2) is 0 Å². The molecule has 1 saturated heterocycles. The quantitative estimate of drug-likeness (QED) is 0.297. The highest BCUT2D eigenvalue weighted by Crippen LogP contribution is 2.12. The van der Waals surface area contributed by atoms with E-state index in [1.807, 2.05) is 0 Å². The van der Waals surface area contributed by atoms with Gasteiger partial charge < -0.3 is 15.9 Å². The maximum Gasteiger partial charge on any atom is 0.108 e. The largest absolute Gasteiger partial charge is 0.389 e. The molecule has 0 amide bonds. The van der Waals surface area contributed by atoms with Crippen LogP contribution in [0.2, 0.25) is 0 Å². The molecule has 5 heteroatoms. The average Bonchev–Trinajstić information content (AvgIpc) is 2.30. The third-order valence-electron chi connectivity index (χ3n) is 2.29. The number of hydrogen-bond donors (Lipinski definition) is 4. The molecule has 3 unspecified atom stereocenters. The zero-order valence-corrected chi connectivity index (χ0v) is 7.07. The predicted octanol–water partition coefficient (Wildman–Crippen LogP) is -1.65. The summed E-state index contributed by atoms with van der Waals surface area (Å²) in [4.78, 5) is 1.79. The minimum absolute atomic E-state index is 0.0660. The van der Waals surface area contributed by atoms with Gasteiger partial charge >= 0.3 is 0 Å². The van der Waals surface area contributed by atoms with Gasteiger partial charge in [-0.3, -0.25) is 10.3 Å². The number of hydrogen-bond acceptors (Lipinski definition) is 4. The summed E-state index contributed by atoms with van der Waals surface area (Å²) in [6.07, 6.45) is -1.40. The van der Waals surface area contributed by atoms with E-state index in [4.69, 9.17) is 11.1 Å². The topological polar surface area (TPSA) is 93.6 Å². The number of rotatable bonds is 2. The third-order valence-corrected chi connectivity index (χ3v) is 2.29. The van der Waals surface area contributed by atoms with Gasteiger partial charge in [0.2, 0.25) is 0 Å². The lowest BCUT2D eigenvalue weighted by molar-refractivity contribution is 0.0572. The molecule has 1 heterocycles. The maximum absolute atomic E-state index is 9.20. The number of nitrogens with two attached hydrogens (primary N) is 1. The van der Waals surface area contributed by atoms with Gasteiger partial charge in [-0.1, -0.05) is 0 Å². The Labute approximate surface area is 71.3 Å². The Morgan fingerprint density at radius 1 is 1.50 bits per heavy atom. The summed E-state index contributed by atoms with van der Waals surface area (Å²) in [5.74, 6) is 0.0660. The van der Waals surface area contributed by atoms with Gasteiger partial charge in [-0.05, 0) is 6.92 Å². The summed E-state index contributed by atoms with van der Waals surface area (Å²) in [6, 6.07) is -0.197. The highest BCUT2D eigenvalue weighted by Gasteiger charge is 2.32. The second-order valence-electron chi connectivity index (χ2n) is 3.22. The fourth-order valence-corrected chi connectivity index (χ4v) is 1.31. The minimum atomic E-state index is -0.702. The van der Waals surface area contributed by atoms with Crippen molar-refractivity contribution in [2.75, 3.05) is 13.1 Å². The van der Waals surface area contributed by atoms with Gasteiger partial charge in [0.1, 0.15) is 5.84 Å². The maximum atomic E-state index is 9.20. The molecule has 0 aliphatic carbocycles. The predicted molar refractivity (Wildman–Crippen MR) is 45.0 cm³/mol. The molecule has 0 bridgehead atoms. The first kappa shape index (κ1) is 9.44. The Kier molecular flexibility index (Phi) is 2.66. The van der Waals surface area contributed by atoms with Crippen molar-refractivity contribution in [2.45, 2.75) is 25.2 Å². The lowest BCUT2D eigenvalue weighted by Crippen LogP contribution is -2.41. The number of amidine groups is 1.